The number of carbonyl (C=O) groups excluding carboxylic acids is 3. The number of aryl methyl sites for hydroxylation is 1. The van der Waals surface area contributed by atoms with E-state index in [1.165, 1.54) is 6.08 Å². The van der Waals surface area contributed by atoms with Crippen LogP contribution in [0.3, 0.4) is 0 Å². The van der Waals surface area contributed by atoms with E-state index in [9.17, 15) is 19.6 Å². The molecule has 0 unspecified atom stereocenters. The predicted molar refractivity (Wildman–Crippen MR) is 151 cm³/mol. The number of urea groups is 1. The quantitative estimate of drug-likeness (QED) is 0.206. The second-order valence-electron chi connectivity index (χ2n) is 8.30. The van der Waals surface area contributed by atoms with Crippen molar-refractivity contribution in [1.29, 1.82) is 5.26 Å². The number of imide groups is 2. The van der Waals surface area contributed by atoms with Crippen molar-refractivity contribution in [2.45, 2.75) is 26.9 Å². The minimum absolute atomic E-state index is 0.162. The van der Waals surface area contributed by atoms with E-state index in [1.54, 1.807) is 36.4 Å². The summed E-state index contributed by atoms with van der Waals surface area (Å²) in [5.41, 5.74) is 3.03. The van der Waals surface area contributed by atoms with Crippen molar-refractivity contribution in [1.82, 2.24) is 5.32 Å². The van der Waals surface area contributed by atoms with Crippen molar-refractivity contribution in [2.24, 2.45) is 0 Å². The van der Waals surface area contributed by atoms with Gasteiger partial charge in [0.2, 0.25) is 0 Å². The molecule has 0 saturated carbocycles. The van der Waals surface area contributed by atoms with E-state index >= 15 is 0 Å². The Kier molecular flexibility index (Phi) is 8.43. The van der Waals surface area contributed by atoms with Crippen molar-refractivity contribution in [3.63, 3.8) is 0 Å². The Morgan fingerprint density at radius 3 is 2.45 bits per heavy atom. The zero-order valence-corrected chi connectivity index (χ0v) is 22.9. The van der Waals surface area contributed by atoms with Gasteiger partial charge in [-0.2, -0.15) is 5.26 Å². The van der Waals surface area contributed by atoms with E-state index in [4.69, 9.17) is 9.47 Å². The van der Waals surface area contributed by atoms with Crippen LogP contribution in [0.5, 0.6) is 11.5 Å². The van der Waals surface area contributed by atoms with Gasteiger partial charge in [0.1, 0.15) is 12.2 Å². The largest absolute Gasteiger partial charge is 0.490 e. The Hall–Kier alpha value is -4.17. The van der Waals surface area contributed by atoms with Gasteiger partial charge in [0, 0.05) is 5.56 Å². The van der Waals surface area contributed by atoms with Gasteiger partial charge in [-0.1, -0.05) is 37.3 Å². The van der Waals surface area contributed by atoms with Crippen LogP contribution in [-0.4, -0.2) is 24.5 Å². The maximum absolute atomic E-state index is 13.3. The summed E-state index contributed by atoms with van der Waals surface area (Å²) >= 11 is 2.09. The molecular formula is C29H24IN3O5. The molecule has 1 fully saturated rings. The van der Waals surface area contributed by atoms with Crippen LogP contribution in [0, 0.1) is 14.9 Å². The van der Waals surface area contributed by atoms with Crippen LogP contribution in [-0.2, 0) is 22.6 Å². The van der Waals surface area contributed by atoms with Crippen molar-refractivity contribution in [3.05, 3.63) is 92.1 Å². The maximum atomic E-state index is 13.3. The highest BCUT2D eigenvalue weighted by Crippen LogP contribution is 2.36. The summed E-state index contributed by atoms with van der Waals surface area (Å²) in [4.78, 5) is 39.4. The third kappa shape index (κ3) is 5.70. The monoisotopic (exact) mass is 621 g/mol. The summed E-state index contributed by atoms with van der Waals surface area (Å²) in [5.74, 6) is -0.589. The summed E-state index contributed by atoms with van der Waals surface area (Å²) in [6, 6.07) is 19.0. The average molecular weight is 621 g/mol. The zero-order valence-electron chi connectivity index (χ0n) is 20.8. The molecule has 8 nitrogen and oxygen atoms in total. The highest BCUT2D eigenvalue weighted by molar-refractivity contribution is 14.1. The van der Waals surface area contributed by atoms with E-state index in [2.05, 4.69) is 34.0 Å². The third-order valence-corrected chi connectivity index (χ3v) is 6.66. The summed E-state index contributed by atoms with van der Waals surface area (Å²) in [7, 11) is 0. The highest BCUT2D eigenvalue weighted by Gasteiger charge is 2.36. The van der Waals surface area contributed by atoms with Crippen molar-refractivity contribution in [2.75, 3.05) is 11.5 Å². The van der Waals surface area contributed by atoms with Gasteiger partial charge < -0.3 is 9.47 Å². The number of ether oxygens (including phenoxy) is 2. The van der Waals surface area contributed by atoms with Crippen LogP contribution >= 0.6 is 22.6 Å². The maximum Gasteiger partial charge on any atom is 0.335 e. The number of halogens is 1. The fraction of sp³-hybridized carbons (Fsp3) is 0.172. The number of hydrogen-bond donors (Lipinski definition) is 1. The molecule has 1 N–H and O–H groups in total. The number of nitrogens with one attached hydrogen (secondary N) is 1. The molecule has 1 aliphatic rings. The smallest absolute Gasteiger partial charge is 0.335 e. The number of carbonyl (C=O) groups is 3. The average Bonchev–Trinajstić information content (AvgIpc) is 2.91. The van der Waals surface area contributed by atoms with Gasteiger partial charge in [0.25, 0.3) is 11.8 Å². The Morgan fingerprint density at radius 2 is 1.76 bits per heavy atom. The number of amides is 4. The molecule has 1 saturated heterocycles. The van der Waals surface area contributed by atoms with Crippen LogP contribution in [0.4, 0.5) is 10.5 Å². The molecule has 3 aromatic rings. The first-order chi connectivity index (χ1) is 18.4. The Bertz CT molecular complexity index is 1470. The zero-order chi connectivity index (χ0) is 27.2. The lowest BCUT2D eigenvalue weighted by molar-refractivity contribution is -0.122. The second kappa shape index (κ2) is 11.9. The van der Waals surface area contributed by atoms with Gasteiger partial charge in [-0.25, -0.2) is 9.69 Å². The fourth-order valence-electron chi connectivity index (χ4n) is 3.92. The summed E-state index contributed by atoms with van der Waals surface area (Å²) in [6.07, 6.45) is 2.24. The molecule has 1 aliphatic heterocycles. The molecule has 0 aromatic heterocycles. The van der Waals surface area contributed by atoms with Crippen LogP contribution in [0.2, 0.25) is 0 Å². The predicted octanol–water partition coefficient (Wildman–Crippen LogP) is 5.37. The lowest BCUT2D eigenvalue weighted by Gasteiger charge is -2.26. The fourth-order valence-corrected chi connectivity index (χ4v) is 4.70. The van der Waals surface area contributed by atoms with E-state index in [0.29, 0.717) is 38.5 Å². The molecule has 0 radical (unpaired) electrons. The third-order valence-electron chi connectivity index (χ3n) is 5.86. The standard InChI is InChI=1S/C29H24IN3O5/c1-3-18-9-11-22(12-10-18)33-28(35)23(27(34)32-29(33)36)13-19-14-24(30)26(25(15-19)37-4-2)38-17-21-8-6-5-7-20(21)16-31/h5-15H,3-4,17H2,1-2H3,(H,32,34,36)/b23-13-. The molecule has 3 aromatic carbocycles. The van der Waals surface area contributed by atoms with Crippen LogP contribution in [0.15, 0.2) is 66.2 Å². The Labute approximate surface area is 234 Å². The topological polar surface area (TPSA) is 109 Å². The molecule has 4 rings (SSSR count). The van der Waals surface area contributed by atoms with Gasteiger partial charge >= 0.3 is 6.03 Å². The molecule has 38 heavy (non-hydrogen) atoms. The number of barbiturate groups is 1. The summed E-state index contributed by atoms with van der Waals surface area (Å²) in [5, 5.41) is 11.6. The molecule has 4 amide bonds. The molecule has 0 atom stereocenters. The van der Waals surface area contributed by atoms with Crippen LogP contribution in [0.25, 0.3) is 6.08 Å². The van der Waals surface area contributed by atoms with Crippen molar-refractivity contribution in [3.8, 4) is 17.6 Å². The first kappa shape index (κ1) is 26.9. The molecular weight excluding hydrogens is 597 g/mol. The Balaban J connectivity index is 1.66. The number of anilines is 1. The molecule has 0 aliphatic carbocycles. The molecule has 0 bridgehead atoms. The van der Waals surface area contributed by atoms with Crippen LogP contribution in [0.1, 0.15) is 36.1 Å². The SMILES string of the molecule is CCOc1cc(/C=C2/C(=O)NC(=O)N(c3ccc(CC)cc3)C2=O)cc(I)c1OCc1ccccc1C#N. The number of nitriles is 1. The molecule has 192 valence electrons. The van der Waals surface area contributed by atoms with Gasteiger partial charge in [-0.15, -0.1) is 0 Å². The number of benzene rings is 3. The first-order valence-electron chi connectivity index (χ1n) is 11.9. The minimum atomic E-state index is -0.799. The highest BCUT2D eigenvalue weighted by atomic mass is 127. The van der Waals surface area contributed by atoms with Gasteiger partial charge in [0.05, 0.1) is 27.5 Å². The lowest BCUT2D eigenvalue weighted by atomic mass is 10.1. The van der Waals surface area contributed by atoms with Crippen molar-refractivity contribution < 1.29 is 23.9 Å². The van der Waals surface area contributed by atoms with E-state index < -0.39 is 17.8 Å². The first-order valence-corrected chi connectivity index (χ1v) is 13.0. The van der Waals surface area contributed by atoms with E-state index in [-0.39, 0.29) is 12.2 Å². The van der Waals surface area contributed by atoms with Gasteiger partial charge in [-0.05, 0) is 83.5 Å². The van der Waals surface area contributed by atoms with Gasteiger partial charge in [0.15, 0.2) is 11.5 Å². The molecule has 9 heteroatoms. The Morgan fingerprint density at radius 1 is 1.03 bits per heavy atom. The number of nitrogens with zero attached hydrogens (tertiary/aromatic N) is 2. The molecule has 1 heterocycles. The summed E-state index contributed by atoms with van der Waals surface area (Å²) < 4.78 is 12.5. The van der Waals surface area contributed by atoms with Crippen molar-refractivity contribution >= 4 is 52.2 Å². The number of rotatable bonds is 8. The number of hydrogen-bond acceptors (Lipinski definition) is 6. The summed E-state index contributed by atoms with van der Waals surface area (Å²) in [6.45, 7) is 4.36. The van der Waals surface area contributed by atoms with Gasteiger partial charge in [-0.3, -0.25) is 14.9 Å². The lowest BCUT2D eigenvalue weighted by Crippen LogP contribution is -2.54. The second-order valence-corrected chi connectivity index (χ2v) is 9.46. The van der Waals surface area contributed by atoms with E-state index in [1.807, 2.05) is 38.1 Å². The normalized spacial score (nSPS) is 14.3. The molecule has 0 spiro atoms. The van der Waals surface area contributed by atoms with E-state index in [0.717, 1.165) is 22.4 Å². The van der Waals surface area contributed by atoms with Crippen LogP contribution < -0.4 is 19.7 Å². The minimum Gasteiger partial charge on any atom is -0.490 e.